The average molecular weight is 395 g/mol. The molecule has 0 radical (unpaired) electrons. The summed E-state index contributed by atoms with van der Waals surface area (Å²) in [5.41, 5.74) is 0. The Hall–Kier alpha value is -1.83. The van der Waals surface area contributed by atoms with E-state index in [1.54, 1.807) is 11.8 Å². The fourth-order valence-corrected chi connectivity index (χ4v) is 4.45. The fourth-order valence-electron chi connectivity index (χ4n) is 4.45. The van der Waals surface area contributed by atoms with Crippen molar-refractivity contribution in [3.63, 3.8) is 0 Å². The highest BCUT2D eigenvalue weighted by atomic mass is 16.6. The van der Waals surface area contributed by atoms with Gasteiger partial charge in [-0.15, -0.1) is 0 Å². The molecule has 158 valence electrons. The van der Waals surface area contributed by atoms with Crippen LogP contribution in [0.15, 0.2) is 0 Å². The van der Waals surface area contributed by atoms with Crippen LogP contribution in [0.4, 0.5) is 4.79 Å². The molecule has 3 aliphatic rings. The van der Waals surface area contributed by atoms with E-state index in [2.05, 4.69) is 11.9 Å². The van der Waals surface area contributed by atoms with E-state index >= 15 is 0 Å². The quantitative estimate of drug-likeness (QED) is 0.710. The second kappa shape index (κ2) is 9.58. The maximum absolute atomic E-state index is 12.9. The van der Waals surface area contributed by atoms with Crippen molar-refractivity contribution in [1.29, 1.82) is 0 Å². The summed E-state index contributed by atoms with van der Waals surface area (Å²) >= 11 is 0. The molecule has 0 aromatic rings. The van der Waals surface area contributed by atoms with E-state index < -0.39 is 0 Å². The summed E-state index contributed by atoms with van der Waals surface area (Å²) in [4.78, 5) is 45.2. The molecule has 8 heteroatoms. The van der Waals surface area contributed by atoms with Crippen molar-refractivity contribution in [3.05, 3.63) is 0 Å². The molecule has 0 bridgehead atoms. The largest absolute Gasteiger partial charge is 0.450 e. The monoisotopic (exact) mass is 394 g/mol. The average Bonchev–Trinajstić information content (AvgIpc) is 2.74. The minimum atomic E-state index is -0.294. The van der Waals surface area contributed by atoms with E-state index in [0.717, 1.165) is 51.9 Å². The molecule has 3 rings (SSSR count). The number of ether oxygens (including phenoxy) is 1. The van der Waals surface area contributed by atoms with Crippen LogP contribution >= 0.6 is 0 Å². The second-order valence-electron chi connectivity index (χ2n) is 8.19. The third-order valence-corrected chi connectivity index (χ3v) is 6.36. The van der Waals surface area contributed by atoms with Gasteiger partial charge in [0.05, 0.1) is 6.61 Å². The van der Waals surface area contributed by atoms with E-state index in [-0.39, 0.29) is 29.7 Å². The molecule has 0 aromatic carbocycles. The number of piperazine rings is 2. The number of carbonyl (C=O) groups excluding carboxylic acids is 3. The second-order valence-corrected chi connectivity index (χ2v) is 8.19. The predicted octanol–water partition coefficient (Wildman–Crippen LogP) is 0.868. The molecule has 0 aromatic heterocycles. The van der Waals surface area contributed by atoms with Gasteiger partial charge in [0.25, 0.3) is 0 Å². The number of hydrogen-bond acceptors (Lipinski definition) is 5. The van der Waals surface area contributed by atoms with Crippen molar-refractivity contribution >= 4 is 17.9 Å². The Labute approximate surface area is 167 Å². The van der Waals surface area contributed by atoms with Gasteiger partial charge in [-0.3, -0.25) is 9.59 Å². The van der Waals surface area contributed by atoms with Crippen LogP contribution in [0.5, 0.6) is 0 Å². The molecular formula is C20H34N4O4. The molecule has 3 amide bonds. The van der Waals surface area contributed by atoms with Crippen molar-refractivity contribution in [2.45, 2.75) is 32.6 Å². The third-order valence-electron chi connectivity index (χ3n) is 6.36. The zero-order valence-electron chi connectivity index (χ0n) is 17.3. The highest BCUT2D eigenvalue weighted by Gasteiger charge is 2.35. The lowest BCUT2D eigenvalue weighted by atomic mass is 9.80. The Morgan fingerprint density at radius 3 is 1.54 bits per heavy atom. The van der Waals surface area contributed by atoms with Gasteiger partial charge in [-0.1, -0.05) is 0 Å². The van der Waals surface area contributed by atoms with Crippen LogP contribution < -0.4 is 0 Å². The SMILES string of the molecule is CCOC(=O)N1CCN(C(=O)C2CCC(C(=O)N3CCN(C)CC3)CC2)CC1. The van der Waals surface area contributed by atoms with Crippen LogP contribution in [-0.4, -0.2) is 104 Å². The van der Waals surface area contributed by atoms with E-state index in [9.17, 15) is 14.4 Å². The molecule has 0 N–H and O–H groups in total. The summed E-state index contributed by atoms with van der Waals surface area (Å²) in [5, 5.41) is 0. The first-order valence-corrected chi connectivity index (χ1v) is 10.7. The maximum Gasteiger partial charge on any atom is 0.409 e. The van der Waals surface area contributed by atoms with Crippen molar-refractivity contribution in [1.82, 2.24) is 19.6 Å². The minimum absolute atomic E-state index is 0.0192. The Morgan fingerprint density at radius 2 is 1.11 bits per heavy atom. The molecule has 28 heavy (non-hydrogen) atoms. The number of nitrogens with zero attached hydrogens (tertiary/aromatic N) is 4. The van der Waals surface area contributed by atoms with Gasteiger partial charge in [0.15, 0.2) is 0 Å². The standard InChI is InChI=1S/C20H34N4O4/c1-3-28-20(27)24-14-12-23(13-15-24)19(26)17-6-4-16(5-7-17)18(25)22-10-8-21(2)9-11-22/h16-17H,3-15H2,1-2H3. The Kier molecular flexibility index (Phi) is 7.15. The van der Waals surface area contributed by atoms with E-state index in [4.69, 9.17) is 4.74 Å². The third kappa shape index (κ3) is 4.96. The lowest BCUT2D eigenvalue weighted by Gasteiger charge is -2.38. The van der Waals surface area contributed by atoms with Gasteiger partial charge >= 0.3 is 6.09 Å². The topological polar surface area (TPSA) is 73.4 Å². The molecule has 3 fully saturated rings. The number of hydrogen-bond donors (Lipinski definition) is 0. The molecule has 0 atom stereocenters. The smallest absolute Gasteiger partial charge is 0.409 e. The van der Waals surface area contributed by atoms with Crippen LogP contribution in [0, 0.1) is 11.8 Å². The van der Waals surface area contributed by atoms with Gasteiger partial charge in [0.1, 0.15) is 0 Å². The number of rotatable bonds is 3. The molecule has 1 aliphatic carbocycles. The molecule has 2 saturated heterocycles. The number of amides is 3. The number of carbonyl (C=O) groups is 3. The first-order valence-electron chi connectivity index (χ1n) is 10.7. The minimum Gasteiger partial charge on any atom is -0.450 e. The van der Waals surface area contributed by atoms with Gasteiger partial charge in [-0.2, -0.15) is 0 Å². The summed E-state index contributed by atoms with van der Waals surface area (Å²) in [5.74, 6) is 0.565. The lowest BCUT2D eigenvalue weighted by Crippen LogP contribution is -2.52. The molecule has 8 nitrogen and oxygen atoms in total. The molecule has 0 spiro atoms. The van der Waals surface area contributed by atoms with E-state index in [1.165, 1.54) is 0 Å². The molecule has 1 saturated carbocycles. The van der Waals surface area contributed by atoms with Crippen molar-refractivity contribution in [2.24, 2.45) is 11.8 Å². The highest BCUT2D eigenvalue weighted by Crippen LogP contribution is 2.31. The number of likely N-dealkylation sites (N-methyl/N-ethyl adjacent to an activating group) is 1. The van der Waals surface area contributed by atoms with Gasteiger partial charge < -0.3 is 24.3 Å². The summed E-state index contributed by atoms with van der Waals surface area (Å²) in [6.45, 7) is 7.88. The van der Waals surface area contributed by atoms with Gasteiger partial charge in [0, 0.05) is 64.2 Å². The van der Waals surface area contributed by atoms with Gasteiger partial charge in [0.2, 0.25) is 11.8 Å². The maximum atomic E-state index is 12.9. The Balaban J connectivity index is 1.42. The van der Waals surface area contributed by atoms with Crippen molar-refractivity contribution < 1.29 is 19.1 Å². The highest BCUT2D eigenvalue weighted by molar-refractivity contribution is 5.81. The summed E-state index contributed by atoms with van der Waals surface area (Å²) in [7, 11) is 2.09. The van der Waals surface area contributed by atoms with Gasteiger partial charge in [-0.25, -0.2) is 4.79 Å². The molecule has 0 unspecified atom stereocenters. The van der Waals surface area contributed by atoms with Gasteiger partial charge in [-0.05, 0) is 39.7 Å². The van der Waals surface area contributed by atoms with E-state index in [1.807, 2.05) is 9.80 Å². The summed E-state index contributed by atoms with van der Waals surface area (Å²) < 4.78 is 5.03. The van der Waals surface area contributed by atoms with Crippen LogP contribution in [-0.2, 0) is 14.3 Å². The molecule has 2 aliphatic heterocycles. The summed E-state index contributed by atoms with van der Waals surface area (Å²) in [6, 6.07) is 0. The first kappa shape index (κ1) is 20.9. The van der Waals surface area contributed by atoms with E-state index in [0.29, 0.717) is 32.8 Å². The Morgan fingerprint density at radius 1 is 0.714 bits per heavy atom. The molecule has 2 heterocycles. The fraction of sp³-hybridized carbons (Fsp3) is 0.850. The normalized spacial score (nSPS) is 26.9. The summed E-state index contributed by atoms with van der Waals surface area (Å²) in [6.07, 6.45) is 2.91. The molecular weight excluding hydrogens is 360 g/mol. The Bertz CT molecular complexity index is 561. The van der Waals surface area contributed by atoms with Crippen LogP contribution in [0.2, 0.25) is 0 Å². The van der Waals surface area contributed by atoms with Crippen LogP contribution in [0.3, 0.4) is 0 Å². The lowest BCUT2D eigenvalue weighted by molar-refractivity contribution is -0.143. The first-order chi connectivity index (χ1) is 13.5. The zero-order valence-corrected chi connectivity index (χ0v) is 17.3. The van der Waals surface area contributed by atoms with Crippen LogP contribution in [0.1, 0.15) is 32.6 Å². The van der Waals surface area contributed by atoms with Crippen LogP contribution in [0.25, 0.3) is 0 Å². The van der Waals surface area contributed by atoms with Crippen molar-refractivity contribution in [2.75, 3.05) is 66.0 Å². The zero-order chi connectivity index (χ0) is 20.1. The predicted molar refractivity (Wildman–Crippen MR) is 105 cm³/mol. The van der Waals surface area contributed by atoms with Crippen molar-refractivity contribution in [3.8, 4) is 0 Å².